The lowest BCUT2D eigenvalue weighted by Crippen LogP contribution is -1.83. The van der Waals surface area contributed by atoms with Crippen molar-refractivity contribution >= 4 is 29.5 Å². The molecule has 16 heavy (non-hydrogen) atoms. The van der Waals surface area contributed by atoms with Crippen LogP contribution >= 0.6 is 23.2 Å². The number of unbranched alkanes of at least 4 members (excludes halogenated alkanes) is 1. The zero-order valence-corrected chi connectivity index (χ0v) is 10.4. The topological polar surface area (TPSA) is 17.1 Å². The van der Waals surface area contributed by atoms with Crippen LogP contribution in [0.1, 0.15) is 24.8 Å². The quantitative estimate of drug-likeness (QED) is 0.545. The smallest absolute Gasteiger partial charge is 0.198 e. The Hall–Kier alpha value is -0.790. The van der Waals surface area contributed by atoms with Gasteiger partial charge in [0.05, 0.1) is 10.0 Å². The van der Waals surface area contributed by atoms with Crippen LogP contribution in [0.15, 0.2) is 30.4 Å². The van der Waals surface area contributed by atoms with E-state index in [1.165, 1.54) is 5.56 Å². The summed E-state index contributed by atoms with van der Waals surface area (Å²) >= 11 is 11.7. The van der Waals surface area contributed by atoms with Crippen LogP contribution < -0.4 is 0 Å². The fraction of sp³-hybridized carbons (Fsp3) is 0.308. The molecule has 1 aromatic rings. The Labute approximate surface area is 106 Å². The first-order chi connectivity index (χ1) is 7.74. The molecule has 0 saturated carbocycles. The first kappa shape index (κ1) is 13.3. The molecule has 0 atom stereocenters. The highest BCUT2D eigenvalue weighted by atomic mass is 35.5. The molecule has 0 unspecified atom stereocenters. The molecule has 0 heterocycles. The maximum atomic E-state index is 9.94. The minimum absolute atomic E-state index is 0.475. The van der Waals surface area contributed by atoms with Crippen molar-refractivity contribution in [3.63, 3.8) is 0 Å². The van der Waals surface area contributed by atoms with Gasteiger partial charge in [-0.1, -0.05) is 41.4 Å². The summed E-state index contributed by atoms with van der Waals surface area (Å²) in [5.74, 6) is 0. The lowest BCUT2D eigenvalue weighted by Gasteiger charge is -2.00. The summed E-state index contributed by atoms with van der Waals surface area (Å²) in [6.45, 7) is 0. The monoisotopic (exact) mass is 255 g/mol. The molecule has 1 nitrogen and oxygen atoms in total. The van der Waals surface area contributed by atoms with Crippen molar-refractivity contribution in [1.29, 1.82) is 0 Å². The van der Waals surface area contributed by atoms with Crippen LogP contribution in [0, 0.1) is 0 Å². The van der Waals surface area contributed by atoms with E-state index in [2.05, 4.69) is 6.08 Å². The van der Waals surface area contributed by atoms with Crippen molar-refractivity contribution in [2.45, 2.75) is 25.7 Å². The lowest BCUT2D eigenvalue weighted by molar-refractivity contribution is 0.551. The third-order valence-corrected chi connectivity index (χ3v) is 2.90. The normalized spacial score (nSPS) is 10.9. The fourth-order valence-corrected chi connectivity index (χ4v) is 1.64. The molecule has 1 radical (unpaired) electrons. The summed E-state index contributed by atoms with van der Waals surface area (Å²) in [5, 5.41) is 1.18. The lowest BCUT2D eigenvalue weighted by atomic mass is 10.1. The highest BCUT2D eigenvalue weighted by Crippen LogP contribution is 2.23. The number of aryl methyl sites for hydroxylation is 1. The molecule has 0 aliphatic heterocycles. The summed E-state index contributed by atoms with van der Waals surface area (Å²) in [6.07, 6.45) is 9.04. The van der Waals surface area contributed by atoms with E-state index in [4.69, 9.17) is 23.2 Å². The van der Waals surface area contributed by atoms with Gasteiger partial charge in [-0.15, -0.1) is 0 Å². The van der Waals surface area contributed by atoms with Crippen molar-refractivity contribution in [3.05, 3.63) is 46.0 Å². The molecule has 0 N–H and O–H groups in total. The van der Waals surface area contributed by atoms with Crippen LogP contribution in [0.5, 0.6) is 0 Å². The Kier molecular flexibility index (Phi) is 6.20. The van der Waals surface area contributed by atoms with Gasteiger partial charge < -0.3 is 0 Å². The maximum absolute atomic E-state index is 9.94. The third-order valence-electron chi connectivity index (χ3n) is 2.16. The summed E-state index contributed by atoms with van der Waals surface area (Å²) in [5.41, 5.74) is 1.17. The number of halogens is 2. The molecule has 1 rings (SSSR count). The second kappa shape index (κ2) is 7.48. The van der Waals surface area contributed by atoms with Crippen molar-refractivity contribution < 1.29 is 4.79 Å². The first-order valence-corrected chi connectivity index (χ1v) is 5.93. The number of allylic oxidation sites excluding steroid dienone is 2. The Morgan fingerprint density at radius 2 is 1.88 bits per heavy atom. The molecule has 85 valence electrons. The van der Waals surface area contributed by atoms with Gasteiger partial charge in [0.15, 0.2) is 6.29 Å². The summed E-state index contributed by atoms with van der Waals surface area (Å²) in [7, 11) is 0. The number of benzene rings is 1. The standard InChI is InChI=1S/C13H13Cl2O/c14-12-8-7-11(10-13(12)15)6-4-2-1-3-5-9-16/h1-2,7-8,10H,3-6H2/b2-1+. The van der Waals surface area contributed by atoms with E-state index in [1.807, 2.05) is 30.6 Å². The number of carbonyl (C=O) groups excluding carboxylic acids is 1. The van der Waals surface area contributed by atoms with Gasteiger partial charge in [-0.3, -0.25) is 4.79 Å². The molecule has 0 saturated heterocycles. The van der Waals surface area contributed by atoms with Gasteiger partial charge in [0.25, 0.3) is 0 Å². The number of rotatable bonds is 6. The molecular formula is C13H13Cl2O. The van der Waals surface area contributed by atoms with Crippen LogP contribution in [-0.2, 0) is 11.2 Å². The average Bonchev–Trinajstić information content (AvgIpc) is 2.28. The summed E-state index contributed by atoms with van der Waals surface area (Å²) in [4.78, 5) is 9.94. The summed E-state index contributed by atoms with van der Waals surface area (Å²) in [6, 6.07) is 5.67. The van der Waals surface area contributed by atoms with E-state index in [1.54, 1.807) is 0 Å². The van der Waals surface area contributed by atoms with E-state index in [9.17, 15) is 4.79 Å². The fourth-order valence-electron chi connectivity index (χ4n) is 1.32. The van der Waals surface area contributed by atoms with Crippen molar-refractivity contribution in [1.82, 2.24) is 0 Å². The van der Waals surface area contributed by atoms with Crippen molar-refractivity contribution in [2.24, 2.45) is 0 Å². The zero-order chi connectivity index (χ0) is 11.8. The zero-order valence-electron chi connectivity index (χ0n) is 8.88. The van der Waals surface area contributed by atoms with Gasteiger partial charge in [0.1, 0.15) is 0 Å². The van der Waals surface area contributed by atoms with Crippen LogP contribution in [0.25, 0.3) is 0 Å². The van der Waals surface area contributed by atoms with Crippen molar-refractivity contribution in [2.75, 3.05) is 0 Å². The third kappa shape index (κ3) is 4.82. The van der Waals surface area contributed by atoms with Gasteiger partial charge in [-0.05, 0) is 37.0 Å². The molecule has 0 spiro atoms. The Bertz CT molecular complexity index is 372. The molecular weight excluding hydrogens is 243 g/mol. The predicted molar refractivity (Wildman–Crippen MR) is 68.9 cm³/mol. The van der Waals surface area contributed by atoms with Gasteiger partial charge >= 0.3 is 0 Å². The number of hydrogen-bond donors (Lipinski definition) is 0. The molecule has 0 aromatic heterocycles. The molecule has 0 bridgehead atoms. The van der Waals surface area contributed by atoms with Crippen LogP contribution in [0.3, 0.4) is 0 Å². The second-order valence-corrected chi connectivity index (χ2v) is 4.26. The van der Waals surface area contributed by atoms with Crippen molar-refractivity contribution in [3.8, 4) is 0 Å². The first-order valence-electron chi connectivity index (χ1n) is 5.18. The highest BCUT2D eigenvalue weighted by molar-refractivity contribution is 6.42. The van der Waals surface area contributed by atoms with Crippen LogP contribution in [-0.4, -0.2) is 6.29 Å². The molecule has 0 aliphatic carbocycles. The van der Waals surface area contributed by atoms with E-state index in [0.717, 1.165) is 19.3 Å². The highest BCUT2D eigenvalue weighted by Gasteiger charge is 1.98. The van der Waals surface area contributed by atoms with E-state index in [-0.39, 0.29) is 0 Å². The minimum atomic E-state index is 0.475. The second-order valence-electron chi connectivity index (χ2n) is 3.44. The molecule has 1 aromatic carbocycles. The van der Waals surface area contributed by atoms with Gasteiger partial charge in [-0.25, -0.2) is 0 Å². The SMILES string of the molecule is O=[C]CC/C=C/CCc1ccc(Cl)c(Cl)c1. The Balaban J connectivity index is 2.34. The van der Waals surface area contributed by atoms with Crippen LogP contribution in [0.4, 0.5) is 0 Å². The molecule has 0 fully saturated rings. The van der Waals surface area contributed by atoms with Gasteiger partial charge in [-0.2, -0.15) is 0 Å². The van der Waals surface area contributed by atoms with Gasteiger partial charge in [0, 0.05) is 6.42 Å². The average molecular weight is 256 g/mol. The molecule has 0 amide bonds. The van der Waals surface area contributed by atoms with E-state index in [0.29, 0.717) is 16.5 Å². The van der Waals surface area contributed by atoms with E-state index >= 15 is 0 Å². The predicted octanol–water partition coefficient (Wildman–Crippen LogP) is 4.37. The maximum Gasteiger partial charge on any atom is 0.198 e. The Morgan fingerprint density at radius 1 is 1.12 bits per heavy atom. The van der Waals surface area contributed by atoms with Gasteiger partial charge in [0.2, 0.25) is 0 Å². The molecule has 0 aliphatic rings. The van der Waals surface area contributed by atoms with E-state index < -0.39 is 0 Å². The summed E-state index contributed by atoms with van der Waals surface area (Å²) < 4.78 is 0. The largest absolute Gasteiger partial charge is 0.291 e. The number of hydrogen-bond acceptors (Lipinski definition) is 1. The Morgan fingerprint density at radius 3 is 2.56 bits per heavy atom. The molecule has 3 heteroatoms. The minimum Gasteiger partial charge on any atom is -0.291 e. The van der Waals surface area contributed by atoms with Crippen LogP contribution in [0.2, 0.25) is 10.0 Å².